The molecule has 5 rings (SSSR count). The average molecular weight is 356 g/mol. The number of hydrogen-bond donors (Lipinski definition) is 1. The number of H-pyrrole nitrogens is 1. The van der Waals surface area contributed by atoms with Crippen LogP contribution >= 0.6 is 0 Å². The number of aromatic amines is 1. The number of nitrogens with one attached hydrogen (secondary N) is 1. The minimum Gasteiger partial charge on any atom is -0.354 e. The van der Waals surface area contributed by atoms with Crippen LogP contribution < -0.4 is 0 Å². The van der Waals surface area contributed by atoms with Crippen molar-refractivity contribution >= 4 is 43.4 Å². The number of benzene rings is 3. The van der Waals surface area contributed by atoms with Crippen LogP contribution in [0.2, 0.25) is 0 Å². The summed E-state index contributed by atoms with van der Waals surface area (Å²) in [6.07, 6.45) is 3.46. The van der Waals surface area contributed by atoms with E-state index in [-0.39, 0.29) is 0 Å². The predicted molar refractivity (Wildman–Crippen MR) is 109 cm³/mol. The topological polar surface area (TPSA) is 45.8 Å². The summed E-state index contributed by atoms with van der Waals surface area (Å²) >= 11 is 0. The maximum Gasteiger partial charge on any atom is 0.0870 e. The Morgan fingerprint density at radius 2 is 1.58 bits per heavy atom. The van der Waals surface area contributed by atoms with Crippen molar-refractivity contribution in [2.75, 3.05) is 6.26 Å². The first kappa shape index (κ1) is 15.3. The maximum atomic E-state index is 12.2. The van der Waals surface area contributed by atoms with Crippen molar-refractivity contribution in [2.24, 2.45) is 0 Å². The van der Waals surface area contributed by atoms with Crippen LogP contribution in [0.5, 0.6) is 0 Å². The second kappa shape index (κ2) is 5.78. The van der Waals surface area contributed by atoms with Crippen LogP contribution in [0.1, 0.15) is 0 Å². The fourth-order valence-corrected chi connectivity index (χ4v) is 4.45. The van der Waals surface area contributed by atoms with Gasteiger partial charge < -0.3 is 4.98 Å². The Bertz CT molecular complexity index is 1320. The van der Waals surface area contributed by atoms with Gasteiger partial charge in [-0.05, 0) is 35.0 Å². The lowest BCUT2D eigenvalue weighted by molar-refractivity contribution is 0.686. The molecule has 0 aliphatic carbocycles. The summed E-state index contributed by atoms with van der Waals surface area (Å²) in [4.78, 5) is 8.86. The smallest absolute Gasteiger partial charge is 0.0870 e. The Morgan fingerprint density at radius 3 is 2.38 bits per heavy atom. The molecule has 0 aliphatic rings. The minimum absolute atomic E-state index is 0.758. The third-order valence-corrected chi connectivity index (χ3v) is 5.79. The summed E-state index contributed by atoms with van der Waals surface area (Å²) in [5.41, 5.74) is 3.97. The van der Waals surface area contributed by atoms with Crippen LogP contribution in [-0.4, -0.2) is 20.4 Å². The number of aromatic nitrogens is 2. The van der Waals surface area contributed by atoms with Crippen molar-refractivity contribution < 1.29 is 4.21 Å². The SMILES string of the molecule is CS(=O)c1cccnc1-c1cc2[nH]c3ccccc3c2c2ccccc12. The molecular weight excluding hydrogens is 340 g/mol. The van der Waals surface area contributed by atoms with Crippen molar-refractivity contribution in [3.8, 4) is 11.3 Å². The zero-order valence-corrected chi connectivity index (χ0v) is 15.0. The quantitative estimate of drug-likeness (QED) is 0.468. The standard InChI is InChI=1S/C22H16N2OS/c1-26(25)20-11-6-12-23-22(20)17-13-19-21(15-8-3-2-7-14(15)17)16-9-4-5-10-18(16)24-19/h2-13,24H,1H3. The molecule has 3 aromatic carbocycles. The van der Waals surface area contributed by atoms with Crippen molar-refractivity contribution in [2.45, 2.75) is 4.90 Å². The highest BCUT2D eigenvalue weighted by Crippen LogP contribution is 2.38. The van der Waals surface area contributed by atoms with Gasteiger partial charge in [-0.15, -0.1) is 0 Å². The maximum absolute atomic E-state index is 12.2. The number of rotatable bonds is 2. The van der Waals surface area contributed by atoms with Gasteiger partial charge in [-0.2, -0.15) is 0 Å². The van der Waals surface area contributed by atoms with Gasteiger partial charge in [0, 0.05) is 39.8 Å². The van der Waals surface area contributed by atoms with E-state index in [0.717, 1.165) is 32.6 Å². The zero-order valence-electron chi connectivity index (χ0n) is 14.2. The van der Waals surface area contributed by atoms with E-state index in [1.165, 1.54) is 16.2 Å². The normalized spacial score (nSPS) is 12.8. The molecular formula is C22H16N2OS. The molecule has 2 heterocycles. The van der Waals surface area contributed by atoms with E-state index in [9.17, 15) is 4.21 Å². The number of para-hydroxylation sites is 1. The number of pyridine rings is 1. The molecule has 2 aromatic heterocycles. The monoisotopic (exact) mass is 356 g/mol. The molecule has 0 spiro atoms. The average Bonchev–Trinajstić information content (AvgIpc) is 3.06. The summed E-state index contributed by atoms with van der Waals surface area (Å²) in [5.74, 6) is 0. The molecule has 0 radical (unpaired) electrons. The highest BCUT2D eigenvalue weighted by Gasteiger charge is 2.16. The van der Waals surface area contributed by atoms with Crippen molar-refractivity contribution in [3.05, 3.63) is 72.9 Å². The minimum atomic E-state index is -1.11. The van der Waals surface area contributed by atoms with E-state index in [4.69, 9.17) is 0 Å². The molecule has 5 aromatic rings. The van der Waals surface area contributed by atoms with Gasteiger partial charge in [0.05, 0.1) is 21.4 Å². The highest BCUT2D eigenvalue weighted by atomic mass is 32.2. The van der Waals surface area contributed by atoms with Crippen LogP contribution in [0.25, 0.3) is 43.8 Å². The van der Waals surface area contributed by atoms with Crippen LogP contribution in [-0.2, 0) is 10.8 Å². The molecule has 1 unspecified atom stereocenters. The van der Waals surface area contributed by atoms with Gasteiger partial charge in [-0.1, -0.05) is 42.5 Å². The second-order valence-electron chi connectivity index (χ2n) is 6.37. The molecule has 1 N–H and O–H groups in total. The summed E-state index contributed by atoms with van der Waals surface area (Å²) < 4.78 is 12.2. The van der Waals surface area contributed by atoms with Crippen LogP contribution in [0.15, 0.2) is 77.8 Å². The van der Waals surface area contributed by atoms with Gasteiger partial charge >= 0.3 is 0 Å². The first-order chi connectivity index (χ1) is 12.7. The van der Waals surface area contributed by atoms with Gasteiger partial charge in [0.1, 0.15) is 0 Å². The Balaban J connectivity index is 1.98. The Kier molecular flexibility index (Phi) is 3.40. The molecule has 0 saturated carbocycles. The molecule has 3 nitrogen and oxygen atoms in total. The summed E-state index contributed by atoms with van der Waals surface area (Å²) in [7, 11) is -1.11. The van der Waals surface area contributed by atoms with Gasteiger partial charge in [0.15, 0.2) is 0 Å². The van der Waals surface area contributed by atoms with E-state index >= 15 is 0 Å². The van der Waals surface area contributed by atoms with E-state index < -0.39 is 10.8 Å². The lowest BCUT2D eigenvalue weighted by Crippen LogP contribution is -1.95. The fourth-order valence-electron chi connectivity index (χ4n) is 3.74. The van der Waals surface area contributed by atoms with E-state index in [1.54, 1.807) is 12.5 Å². The van der Waals surface area contributed by atoms with Crippen LogP contribution in [0, 0.1) is 0 Å². The summed E-state index contributed by atoms with van der Waals surface area (Å²) in [5, 5.41) is 4.73. The number of fused-ring (bicyclic) bond motifs is 5. The van der Waals surface area contributed by atoms with Crippen LogP contribution in [0.4, 0.5) is 0 Å². The molecule has 0 aliphatic heterocycles. The third-order valence-electron chi connectivity index (χ3n) is 4.85. The Hall–Kier alpha value is -2.98. The van der Waals surface area contributed by atoms with Gasteiger partial charge in [-0.25, -0.2) is 0 Å². The number of hydrogen-bond acceptors (Lipinski definition) is 2. The lowest BCUT2D eigenvalue weighted by atomic mass is 9.97. The molecule has 0 fully saturated rings. The molecule has 0 amide bonds. The Labute approximate surface area is 153 Å². The molecule has 26 heavy (non-hydrogen) atoms. The fraction of sp³-hybridized carbons (Fsp3) is 0.0455. The summed E-state index contributed by atoms with van der Waals surface area (Å²) in [6.45, 7) is 0. The van der Waals surface area contributed by atoms with E-state index in [2.05, 4.69) is 52.4 Å². The van der Waals surface area contributed by atoms with Gasteiger partial charge in [0.25, 0.3) is 0 Å². The largest absolute Gasteiger partial charge is 0.354 e. The van der Waals surface area contributed by atoms with Gasteiger partial charge in [-0.3, -0.25) is 9.19 Å². The lowest BCUT2D eigenvalue weighted by Gasteiger charge is -2.11. The highest BCUT2D eigenvalue weighted by molar-refractivity contribution is 7.84. The summed E-state index contributed by atoms with van der Waals surface area (Å²) in [6, 6.07) is 22.6. The van der Waals surface area contributed by atoms with E-state index in [1.807, 2.05) is 24.3 Å². The zero-order chi connectivity index (χ0) is 17.7. The number of nitrogens with zero attached hydrogens (tertiary/aromatic N) is 1. The second-order valence-corrected chi connectivity index (χ2v) is 7.72. The van der Waals surface area contributed by atoms with Crippen molar-refractivity contribution in [3.63, 3.8) is 0 Å². The van der Waals surface area contributed by atoms with Gasteiger partial charge in [0.2, 0.25) is 0 Å². The predicted octanol–water partition coefficient (Wildman–Crippen LogP) is 5.27. The molecule has 4 heteroatoms. The van der Waals surface area contributed by atoms with Crippen molar-refractivity contribution in [1.29, 1.82) is 0 Å². The molecule has 0 bridgehead atoms. The van der Waals surface area contributed by atoms with E-state index in [0.29, 0.717) is 0 Å². The molecule has 126 valence electrons. The van der Waals surface area contributed by atoms with Crippen LogP contribution in [0.3, 0.4) is 0 Å². The molecule has 1 atom stereocenters. The Morgan fingerprint density at radius 1 is 0.846 bits per heavy atom. The van der Waals surface area contributed by atoms with Crippen molar-refractivity contribution in [1.82, 2.24) is 9.97 Å². The third kappa shape index (κ3) is 2.19. The first-order valence-electron chi connectivity index (χ1n) is 8.45. The first-order valence-corrected chi connectivity index (χ1v) is 10.0. The molecule has 0 saturated heterocycles.